The number of nitro groups is 1. The second-order valence-electron chi connectivity index (χ2n) is 4.76. The molecule has 2 rings (SSSR count). The molecule has 122 valence electrons. The molecular weight excluding hydrogens is 344 g/mol. The lowest BCUT2D eigenvalue weighted by atomic mass is 10.3. The molecule has 1 aromatic carbocycles. The number of carbonyl (C=O) groups excluding carboxylic acids is 1. The summed E-state index contributed by atoms with van der Waals surface area (Å²) in [6.45, 7) is 3.85. The first kappa shape index (κ1) is 17.2. The number of benzene rings is 1. The summed E-state index contributed by atoms with van der Waals surface area (Å²) < 4.78 is 1.60. The van der Waals surface area contributed by atoms with E-state index in [2.05, 4.69) is 20.8 Å². The quantitative estimate of drug-likeness (QED) is 0.480. The van der Waals surface area contributed by atoms with E-state index in [1.165, 1.54) is 30.0 Å². The van der Waals surface area contributed by atoms with E-state index in [0.717, 1.165) is 0 Å². The van der Waals surface area contributed by atoms with Gasteiger partial charge in [-0.2, -0.15) is 0 Å². The van der Waals surface area contributed by atoms with Gasteiger partial charge >= 0.3 is 0 Å². The van der Waals surface area contributed by atoms with Gasteiger partial charge in [-0.05, 0) is 36.4 Å². The van der Waals surface area contributed by atoms with Crippen molar-refractivity contribution in [1.82, 2.24) is 20.2 Å². The number of amides is 1. The van der Waals surface area contributed by atoms with Crippen molar-refractivity contribution in [2.45, 2.75) is 25.0 Å². The van der Waals surface area contributed by atoms with E-state index in [1.807, 2.05) is 13.8 Å². The summed E-state index contributed by atoms with van der Waals surface area (Å²) in [7, 11) is 0. The maximum absolute atomic E-state index is 11.9. The fraction of sp³-hybridized carbons (Fsp3) is 0.333. The number of halogens is 1. The number of carbonyl (C=O) groups is 1. The van der Waals surface area contributed by atoms with Crippen LogP contribution in [-0.2, 0) is 4.79 Å². The molecule has 0 aliphatic carbocycles. The molecule has 0 saturated carbocycles. The first-order valence-electron chi connectivity index (χ1n) is 6.53. The smallest absolute Gasteiger partial charge is 0.289 e. The average molecular weight is 357 g/mol. The number of anilines is 1. The molecule has 0 aliphatic rings. The van der Waals surface area contributed by atoms with Gasteiger partial charge in [0.25, 0.3) is 5.69 Å². The Balaban J connectivity index is 1.99. The zero-order valence-corrected chi connectivity index (χ0v) is 13.8. The Morgan fingerprint density at radius 3 is 2.91 bits per heavy atom. The number of tetrazole rings is 1. The van der Waals surface area contributed by atoms with Crippen LogP contribution in [0.1, 0.15) is 19.9 Å². The molecule has 11 heteroatoms. The van der Waals surface area contributed by atoms with Crippen molar-refractivity contribution in [2.75, 3.05) is 11.1 Å². The fourth-order valence-electron chi connectivity index (χ4n) is 1.66. The molecule has 0 atom stereocenters. The molecule has 0 saturated heterocycles. The van der Waals surface area contributed by atoms with E-state index in [0.29, 0.717) is 10.8 Å². The number of nitrogens with one attached hydrogen (secondary N) is 1. The molecule has 2 aromatic rings. The summed E-state index contributed by atoms with van der Waals surface area (Å²) in [6, 6.07) is 4.15. The molecule has 23 heavy (non-hydrogen) atoms. The first-order chi connectivity index (χ1) is 10.9. The highest BCUT2D eigenvalue weighted by molar-refractivity contribution is 7.99. The van der Waals surface area contributed by atoms with Gasteiger partial charge in [0, 0.05) is 11.8 Å². The third-order valence-corrected chi connectivity index (χ3v) is 3.96. The third-order valence-electron chi connectivity index (χ3n) is 2.71. The molecule has 1 N–H and O–H groups in total. The molecule has 1 heterocycles. The minimum Gasteiger partial charge on any atom is -0.325 e. The summed E-state index contributed by atoms with van der Waals surface area (Å²) >= 11 is 6.90. The van der Waals surface area contributed by atoms with E-state index in [9.17, 15) is 14.9 Å². The van der Waals surface area contributed by atoms with E-state index in [4.69, 9.17) is 11.6 Å². The maximum Gasteiger partial charge on any atom is 0.289 e. The van der Waals surface area contributed by atoms with Crippen LogP contribution in [0, 0.1) is 10.1 Å². The molecule has 0 fully saturated rings. The second-order valence-corrected chi connectivity index (χ2v) is 6.11. The zero-order chi connectivity index (χ0) is 17.0. The van der Waals surface area contributed by atoms with E-state index in [-0.39, 0.29) is 28.4 Å². The van der Waals surface area contributed by atoms with Gasteiger partial charge in [-0.3, -0.25) is 14.9 Å². The highest BCUT2D eigenvalue weighted by Crippen LogP contribution is 2.27. The van der Waals surface area contributed by atoms with Gasteiger partial charge in [0.15, 0.2) is 0 Å². The number of rotatable bonds is 6. The third kappa shape index (κ3) is 4.39. The van der Waals surface area contributed by atoms with Crippen molar-refractivity contribution in [3.05, 3.63) is 33.3 Å². The summed E-state index contributed by atoms with van der Waals surface area (Å²) in [5.41, 5.74) is 0.0380. The molecule has 0 radical (unpaired) electrons. The molecule has 0 aliphatic heterocycles. The van der Waals surface area contributed by atoms with Crippen molar-refractivity contribution >= 4 is 40.6 Å². The minimum absolute atomic E-state index is 0.0125. The normalized spacial score (nSPS) is 10.8. The Labute approximate surface area is 140 Å². The molecule has 1 aromatic heterocycles. The lowest BCUT2D eigenvalue weighted by Gasteiger charge is -2.08. The van der Waals surface area contributed by atoms with Crippen molar-refractivity contribution in [3.8, 4) is 0 Å². The van der Waals surface area contributed by atoms with E-state index < -0.39 is 4.92 Å². The topological polar surface area (TPSA) is 116 Å². The lowest BCUT2D eigenvalue weighted by molar-refractivity contribution is -0.384. The van der Waals surface area contributed by atoms with Crippen LogP contribution in [0.2, 0.25) is 5.02 Å². The summed E-state index contributed by atoms with van der Waals surface area (Å²) in [5.74, 6) is -0.256. The number of nitro benzene ring substituents is 1. The van der Waals surface area contributed by atoms with Crippen LogP contribution in [0.3, 0.4) is 0 Å². The number of aromatic nitrogens is 4. The molecule has 1 amide bonds. The van der Waals surface area contributed by atoms with Gasteiger partial charge in [0.05, 0.1) is 16.7 Å². The highest BCUT2D eigenvalue weighted by atomic mass is 35.5. The fourth-order valence-corrected chi connectivity index (χ4v) is 2.65. The molecule has 9 nitrogen and oxygen atoms in total. The van der Waals surface area contributed by atoms with Crippen molar-refractivity contribution in [1.29, 1.82) is 0 Å². The number of nitrogens with zero attached hydrogens (tertiary/aromatic N) is 5. The maximum atomic E-state index is 11.9. The number of thioether (sulfide) groups is 1. The monoisotopic (exact) mass is 356 g/mol. The Morgan fingerprint density at radius 1 is 1.52 bits per heavy atom. The molecule has 0 unspecified atom stereocenters. The van der Waals surface area contributed by atoms with E-state index >= 15 is 0 Å². The standard InChI is InChI=1S/C12H13ClN6O3S/c1-7(2)18-12(15-16-17-18)23-6-11(20)14-8-3-4-9(13)10(5-8)19(21)22/h3-5,7H,6H2,1-2H3,(H,14,20). The second kappa shape index (κ2) is 7.38. The molecular formula is C12H13ClN6O3S. The van der Waals surface area contributed by atoms with Gasteiger partial charge in [-0.1, -0.05) is 23.4 Å². The van der Waals surface area contributed by atoms with Crippen molar-refractivity contribution < 1.29 is 9.72 Å². The molecule has 0 spiro atoms. The van der Waals surface area contributed by atoms with Crippen molar-refractivity contribution in [3.63, 3.8) is 0 Å². The summed E-state index contributed by atoms with van der Waals surface area (Å²) in [4.78, 5) is 22.2. The first-order valence-corrected chi connectivity index (χ1v) is 7.89. The van der Waals surface area contributed by atoms with Gasteiger partial charge in [-0.25, -0.2) is 4.68 Å². The summed E-state index contributed by atoms with van der Waals surface area (Å²) in [6.07, 6.45) is 0. The molecule has 0 bridgehead atoms. The predicted octanol–water partition coefficient (Wildman–Crippen LogP) is 2.55. The SMILES string of the molecule is CC(C)n1nnnc1SCC(=O)Nc1ccc(Cl)c([N+](=O)[O-])c1. The largest absolute Gasteiger partial charge is 0.325 e. The van der Waals surface area contributed by atoms with Crippen LogP contribution in [0.4, 0.5) is 11.4 Å². The number of hydrogen-bond acceptors (Lipinski definition) is 7. The van der Waals surface area contributed by atoms with Gasteiger partial charge in [-0.15, -0.1) is 5.10 Å². The zero-order valence-electron chi connectivity index (χ0n) is 12.3. The van der Waals surface area contributed by atoms with Gasteiger partial charge in [0.1, 0.15) is 5.02 Å². The van der Waals surface area contributed by atoms with Crippen LogP contribution >= 0.6 is 23.4 Å². The van der Waals surface area contributed by atoms with Gasteiger partial charge < -0.3 is 5.32 Å². The summed E-state index contributed by atoms with van der Waals surface area (Å²) in [5, 5.41) is 25.2. The minimum atomic E-state index is -0.608. The predicted molar refractivity (Wildman–Crippen MR) is 85.7 cm³/mol. The number of hydrogen-bond donors (Lipinski definition) is 1. The lowest BCUT2D eigenvalue weighted by Crippen LogP contribution is -2.15. The van der Waals surface area contributed by atoms with Crippen LogP contribution < -0.4 is 5.32 Å². The van der Waals surface area contributed by atoms with Crippen LogP contribution in [0.15, 0.2) is 23.4 Å². The van der Waals surface area contributed by atoms with Gasteiger partial charge in [0.2, 0.25) is 11.1 Å². The van der Waals surface area contributed by atoms with E-state index in [1.54, 1.807) is 4.68 Å². The Kier molecular flexibility index (Phi) is 5.50. The van der Waals surface area contributed by atoms with Crippen LogP contribution in [0.25, 0.3) is 0 Å². The Hall–Kier alpha value is -2.20. The van der Waals surface area contributed by atoms with Crippen molar-refractivity contribution in [2.24, 2.45) is 0 Å². The average Bonchev–Trinajstić information content (AvgIpc) is 2.95. The van der Waals surface area contributed by atoms with Crippen LogP contribution in [0.5, 0.6) is 0 Å². The van der Waals surface area contributed by atoms with Crippen LogP contribution in [-0.4, -0.2) is 36.8 Å². The Morgan fingerprint density at radius 2 is 2.26 bits per heavy atom. The Bertz CT molecular complexity index is 735. The highest BCUT2D eigenvalue weighted by Gasteiger charge is 2.15.